The largest absolute Gasteiger partial charge is 0.493 e. The minimum absolute atomic E-state index is 0.00375. The fourth-order valence-corrected chi connectivity index (χ4v) is 1.48. The molecule has 16 heavy (non-hydrogen) atoms. The molecule has 0 saturated carbocycles. The Labute approximate surface area is 95.8 Å². The fraction of sp³-hybridized carbons (Fsp3) is 0.417. The van der Waals surface area contributed by atoms with Crippen LogP contribution in [-0.4, -0.2) is 34.1 Å². The Morgan fingerprint density at radius 3 is 2.19 bits per heavy atom. The minimum atomic E-state index is 0.00375. The van der Waals surface area contributed by atoms with Crippen molar-refractivity contribution in [1.82, 2.24) is 0 Å². The van der Waals surface area contributed by atoms with Gasteiger partial charge in [0.1, 0.15) is 0 Å². The van der Waals surface area contributed by atoms with Gasteiger partial charge in [-0.2, -0.15) is 0 Å². The molecule has 1 aromatic carbocycles. The Morgan fingerprint density at radius 2 is 1.81 bits per heavy atom. The SMILES string of the molecule is COc1cc(C(C)=O)cc(N(C)C)c1OC. The number of Topliss-reactive ketones (excluding diaryl/α,β-unsaturated/α-hetero) is 1. The van der Waals surface area contributed by atoms with Crippen LogP contribution >= 0.6 is 0 Å². The van der Waals surface area contributed by atoms with Crippen LogP contribution in [0.2, 0.25) is 0 Å². The number of benzene rings is 1. The van der Waals surface area contributed by atoms with Crippen LogP contribution in [0.4, 0.5) is 5.69 Å². The summed E-state index contributed by atoms with van der Waals surface area (Å²) in [5.41, 5.74) is 1.44. The van der Waals surface area contributed by atoms with Gasteiger partial charge in [-0.05, 0) is 19.1 Å². The van der Waals surface area contributed by atoms with Crippen molar-refractivity contribution in [1.29, 1.82) is 0 Å². The van der Waals surface area contributed by atoms with Gasteiger partial charge in [-0.25, -0.2) is 0 Å². The number of carbonyl (C=O) groups is 1. The maximum atomic E-state index is 11.4. The predicted molar refractivity (Wildman–Crippen MR) is 63.9 cm³/mol. The summed E-state index contributed by atoms with van der Waals surface area (Å²) in [6.07, 6.45) is 0. The number of anilines is 1. The summed E-state index contributed by atoms with van der Waals surface area (Å²) >= 11 is 0. The summed E-state index contributed by atoms with van der Waals surface area (Å²) < 4.78 is 10.5. The molecular weight excluding hydrogens is 206 g/mol. The molecule has 0 radical (unpaired) electrons. The van der Waals surface area contributed by atoms with Gasteiger partial charge in [0.2, 0.25) is 0 Å². The first-order valence-electron chi connectivity index (χ1n) is 4.95. The average Bonchev–Trinajstić information content (AvgIpc) is 2.26. The summed E-state index contributed by atoms with van der Waals surface area (Å²) in [4.78, 5) is 13.3. The molecule has 0 aliphatic carbocycles. The zero-order valence-corrected chi connectivity index (χ0v) is 10.3. The van der Waals surface area contributed by atoms with E-state index < -0.39 is 0 Å². The molecule has 4 heteroatoms. The van der Waals surface area contributed by atoms with Crippen molar-refractivity contribution in [2.45, 2.75) is 6.92 Å². The zero-order chi connectivity index (χ0) is 12.3. The molecule has 1 rings (SSSR count). The van der Waals surface area contributed by atoms with Crippen LogP contribution in [-0.2, 0) is 0 Å². The average molecular weight is 223 g/mol. The van der Waals surface area contributed by atoms with Crippen molar-refractivity contribution in [2.75, 3.05) is 33.2 Å². The summed E-state index contributed by atoms with van der Waals surface area (Å²) in [5, 5.41) is 0. The number of ketones is 1. The highest BCUT2D eigenvalue weighted by atomic mass is 16.5. The van der Waals surface area contributed by atoms with Gasteiger partial charge in [0.15, 0.2) is 17.3 Å². The van der Waals surface area contributed by atoms with Gasteiger partial charge in [0.25, 0.3) is 0 Å². The van der Waals surface area contributed by atoms with Gasteiger partial charge >= 0.3 is 0 Å². The fourth-order valence-electron chi connectivity index (χ4n) is 1.48. The molecule has 1 aromatic rings. The second-order valence-corrected chi connectivity index (χ2v) is 3.68. The highest BCUT2D eigenvalue weighted by molar-refractivity contribution is 5.96. The Bertz CT molecular complexity index is 399. The lowest BCUT2D eigenvalue weighted by atomic mass is 10.1. The van der Waals surface area contributed by atoms with Crippen LogP contribution in [0.15, 0.2) is 12.1 Å². The molecule has 88 valence electrons. The van der Waals surface area contributed by atoms with E-state index in [0.717, 1.165) is 5.69 Å². The van der Waals surface area contributed by atoms with Crippen LogP contribution < -0.4 is 14.4 Å². The van der Waals surface area contributed by atoms with Gasteiger partial charge in [-0.3, -0.25) is 4.79 Å². The normalized spacial score (nSPS) is 9.81. The molecule has 0 atom stereocenters. The molecule has 0 aliphatic heterocycles. The van der Waals surface area contributed by atoms with E-state index in [1.165, 1.54) is 6.92 Å². The highest BCUT2D eigenvalue weighted by Gasteiger charge is 2.15. The molecular formula is C12H17NO3. The lowest BCUT2D eigenvalue weighted by Crippen LogP contribution is -2.12. The second-order valence-electron chi connectivity index (χ2n) is 3.68. The lowest BCUT2D eigenvalue weighted by Gasteiger charge is -2.19. The standard InChI is InChI=1S/C12H17NO3/c1-8(14)9-6-10(13(2)3)12(16-5)11(7-9)15-4/h6-7H,1-5H3. The molecule has 0 amide bonds. The van der Waals surface area contributed by atoms with Gasteiger partial charge in [0, 0.05) is 19.7 Å². The molecule has 0 unspecified atom stereocenters. The number of hydrogen-bond donors (Lipinski definition) is 0. The molecule has 0 aliphatic rings. The first-order valence-corrected chi connectivity index (χ1v) is 4.95. The quantitative estimate of drug-likeness (QED) is 0.731. The molecule has 0 aromatic heterocycles. The maximum Gasteiger partial charge on any atom is 0.184 e. The molecule has 0 heterocycles. The zero-order valence-electron chi connectivity index (χ0n) is 10.3. The van der Waals surface area contributed by atoms with Gasteiger partial charge in [-0.1, -0.05) is 0 Å². The third kappa shape index (κ3) is 2.27. The Hall–Kier alpha value is -1.71. The van der Waals surface area contributed by atoms with E-state index in [1.807, 2.05) is 19.0 Å². The molecule has 0 fully saturated rings. The van der Waals surface area contributed by atoms with E-state index in [-0.39, 0.29) is 5.78 Å². The first-order chi connectivity index (χ1) is 7.51. The van der Waals surface area contributed by atoms with Crippen molar-refractivity contribution < 1.29 is 14.3 Å². The van der Waals surface area contributed by atoms with Gasteiger partial charge < -0.3 is 14.4 Å². The molecule has 0 bridgehead atoms. The Morgan fingerprint density at radius 1 is 1.19 bits per heavy atom. The van der Waals surface area contributed by atoms with Crippen LogP contribution in [0.1, 0.15) is 17.3 Å². The number of nitrogens with zero attached hydrogens (tertiary/aromatic N) is 1. The molecule has 0 spiro atoms. The first kappa shape index (κ1) is 12.4. The topological polar surface area (TPSA) is 38.8 Å². The third-order valence-corrected chi connectivity index (χ3v) is 2.35. The van der Waals surface area contributed by atoms with Crippen LogP contribution in [0, 0.1) is 0 Å². The minimum Gasteiger partial charge on any atom is -0.493 e. The van der Waals surface area contributed by atoms with E-state index >= 15 is 0 Å². The third-order valence-electron chi connectivity index (χ3n) is 2.35. The molecule has 4 nitrogen and oxygen atoms in total. The van der Waals surface area contributed by atoms with Crippen LogP contribution in [0.5, 0.6) is 11.5 Å². The van der Waals surface area contributed by atoms with E-state index in [9.17, 15) is 4.79 Å². The van der Waals surface area contributed by atoms with Crippen LogP contribution in [0.3, 0.4) is 0 Å². The van der Waals surface area contributed by atoms with Gasteiger partial charge in [0.05, 0.1) is 19.9 Å². The Balaban J connectivity index is 3.43. The summed E-state index contributed by atoms with van der Waals surface area (Å²) in [7, 11) is 6.92. The molecule has 0 N–H and O–H groups in total. The summed E-state index contributed by atoms with van der Waals surface area (Å²) in [5.74, 6) is 1.21. The number of methoxy groups -OCH3 is 2. The maximum absolute atomic E-state index is 11.4. The van der Waals surface area contributed by atoms with Crippen molar-refractivity contribution in [3.05, 3.63) is 17.7 Å². The number of hydrogen-bond acceptors (Lipinski definition) is 4. The van der Waals surface area contributed by atoms with E-state index in [0.29, 0.717) is 17.1 Å². The van der Waals surface area contributed by atoms with Crippen molar-refractivity contribution in [3.63, 3.8) is 0 Å². The summed E-state index contributed by atoms with van der Waals surface area (Å²) in [6, 6.07) is 3.48. The smallest absolute Gasteiger partial charge is 0.184 e. The van der Waals surface area contributed by atoms with Crippen molar-refractivity contribution in [3.8, 4) is 11.5 Å². The Kier molecular flexibility index (Phi) is 3.77. The summed E-state index contributed by atoms with van der Waals surface area (Å²) in [6.45, 7) is 1.53. The second kappa shape index (κ2) is 4.88. The predicted octanol–water partition coefficient (Wildman–Crippen LogP) is 1.97. The van der Waals surface area contributed by atoms with Crippen LogP contribution in [0.25, 0.3) is 0 Å². The van der Waals surface area contributed by atoms with Gasteiger partial charge in [-0.15, -0.1) is 0 Å². The number of ether oxygens (including phenoxy) is 2. The highest BCUT2D eigenvalue weighted by Crippen LogP contribution is 2.38. The van der Waals surface area contributed by atoms with E-state index in [1.54, 1.807) is 26.4 Å². The van der Waals surface area contributed by atoms with E-state index in [2.05, 4.69) is 0 Å². The molecule has 0 saturated heterocycles. The van der Waals surface area contributed by atoms with Crippen molar-refractivity contribution in [2.24, 2.45) is 0 Å². The van der Waals surface area contributed by atoms with E-state index in [4.69, 9.17) is 9.47 Å². The lowest BCUT2D eigenvalue weighted by molar-refractivity contribution is 0.101. The van der Waals surface area contributed by atoms with Crippen molar-refractivity contribution >= 4 is 11.5 Å². The number of rotatable bonds is 4. The monoisotopic (exact) mass is 223 g/mol. The number of carbonyl (C=O) groups excluding carboxylic acids is 1.